The molecule has 1 aromatic rings. The fourth-order valence-electron chi connectivity index (χ4n) is 1.96. The van der Waals surface area contributed by atoms with Crippen molar-refractivity contribution in [2.24, 2.45) is 0 Å². The van der Waals surface area contributed by atoms with Gasteiger partial charge < -0.3 is 5.32 Å². The van der Waals surface area contributed by atoms with Gasteiger partial charge in [-0.25, -0.2) is 4.98 Å². The maximum Gasteiger partial charge on any atom is 0.182 e. The fourth-order valence-corrected chi connectivity index (χ4v) is 3.75. The zero-order valence-electron chi connectivity index (χ0n) is 8.40. The van der Waals surface area contributed by atoms with Crippen LogP contribution in [0.4, 0.5) is 5.13 Å². The van der Waals surface area contributed by atoms with Gasteiger partial charge in [0.25, 0.3) is 0 Å². The second kappa shape index (κ2) is 5.03. The fraction of sp³-hybridized carbons (Fsp3) is 0.700. The van der Waals surface area contributed by atoms with Crippen LogP contribution in [0.2, 0.25) is 0 Å². The van der Waals surface area contributed by atoms with Crippen molar-refractivity contribution in [3.05, 3.63) is 11.6 Å². The zero-order valence-corrected chi connectivity index (χ0v) is 10.0. The molecule has 14 heavy (non-hydrogen) atoms. The summed E-state index contributed by atoms with van der Waals surface area (Å²) in [7, 11) is 0. The van der Waals surface area contributed by atoms with Crippen molar-refractivity contribution in [2.45, 2.75) is 37.5 Å². The molecule has 2 atom stereocenters. The Balaban J connectivity index is 1.90. The van der Waals surface area contributed by atoms with Crippen LogP contribution >= 0.6 is 23.1 Å². The van der Waals surface area contributed by atoms with Gasteiger partial charge in [-0.05, 0) is 18.6 Å². The predicted octanol–water partition coefficient (Wildman–Crippen LogP) is 3.23. The van der Waals surface area contributed by atoms with Crippen LogP contribution < -0.4 is 5.32 Å². The van der Waals surface area contributed by atoms with E-state index in [9.17, 15) is 0 Å². The minimum absolute atomic E-state index is 0.645. The van der Waals surface area contributed by atoms with E-state index < -0.39 is 0 Å². The van der Waals surface area contributed by atoms with Crippen LogP contribution in [0.5, 0.6) is 0 Å². The highest BCUT2D eigenvalue weighted by Crippen LogP contribution is 2.32. The quantitative estimate of drug-likeness (QED) is 0.856. The first-order valence-corrected chi connectivity index (χ1v) is 7.10. The summed E-state index contributed by atoms with van der Waals surface area (Å²) in [6.07, 6.45) is 5.89. The second-order valence-electron chi connectivity index (χ2n) is 3.51. The molecule has 78 valence electrons. The molecule has 0 aliphatic heterocycles. The third kappa shape index (κ3) is 2.42. The molecule has 2 unspecified atom stereocenters. The summed E-state index contributed by atoms with van der Waals surface area (Å²) in [6.45, 7) is 2.24. The number of nitrogens with one attached hydrogen (secondary N) is 1. The van der Waals surface area contributed by atoms with Crippen molar-refractivity contribution in [2.75, 3.05) is 11.1 Å². The third-order valence-electron chi connectivity index (χ3n) is 2.57. The largest absolute Gasteiger partial charge is 0.358 e. The highest BCUT2D eigenvalue weighted by Gasteiger charge is 2.27. The number of thiazole rings is 1. The third-order valence-corrected chi connectivity index (χ3v) is 4.60. The molecule has 1 N–H and O–H groups in total. The van der Waals surface area contributed by atoms with E-state index in [1.54, 1.807) is 11.3 Å². The van der Waals surface area contributed by atoms with E-state index in [-0.39, 0.29) is 0 Å². The van der Waals surface area contributed by atoms with E-state index in [1.165, 1.54) is 25.0 Å². The number of nitrogens with zero attached hydrogens (tertiary/aromatic N) is 1. The molecule has 2 nitrogen and oxygen atoms in total. The maximum atomic E-state index is 4.27. The minimum atomic E-state index is 0.645. The summed E-state index contributed by atoms with van der Waals surface area (Å²) in [4.78, 5) is 4.27. The second-order valence-corrected chi connectivity index (χ2v) is 5.92. The summed E-state index contributed by atoms with van der Waals surface area (Å²) in [5, 5.41) is 7.45. The summed E-state index contributed by atoms with van der Waals surface area (Å²) in [5.74, 6) is 1.22. The van der Waals surface area contributed by atoms with Gasteiger partial charge in [0.15, 0.2) is 5.13 Å². The van der Waals surface area contributed by atoms with Gasteiger partial charge in [0.2, 0.25) is 0 Å². The lowest BCUT2D eigenvalue weighted by atomic mass is 10.2. The van der Waals surface area contributed by atoms with Crippen LogP contribution in [0.25, 0.3) is 0 Å². The van der Waals surface area contributed by atoms with Crippen LogP contribution in [-0.4, -0.2) is 22.0 Å². The molecule has 0 spiro atoms. The molecule has 4 heteroatoms. The lowest BCUT2D eigenvalue weighted by molar-refractivity contribution is 0.766. The monoisotopic (exact) mass is 228 g/mol. The normalized spacial score (nSPS) is 26.6. The van der Waals surface area contributed by atoms with Crippen LogP contribution in [0.1, 0.15) is 26.2 Å². The number of hydrogen-bond acceptors (Lipinski definition) is 4. The minimum Gasteiger partial charge on any atom is -0.358 e. The van der Waals surface area contributed by atoms with Crippen molar-refractivity contribution < 1.29 is 0 Å². The molecule has 1 saturated carbocycles. The van der Waals surface area contributed by atoms with Crippen molar-refractivity contribution in [1.82, 2.24) is 4.98 Å². The van der Waals surface area contributed by atoms with Gasteiger partial charge in [-0.3, -0.25) is 0 Å². The Morgan fingerprint density at radius 1 is 1.64 bits per heavy atom. The SMILES string of the molecule is CCSC1CCCC1Nc1nccs1. The van der Waals surface area contributed by atoms with E-state index in [4.69, 9.17) is 0 Å². The highest BCUT2D eigenvalue weighted by molar-refractivity contribution is 7.99. The molecule has 1 aromatic heterocycles. The lowest BCUT2D eigenvalue weighted by Gasteiger charge is -2.19. The standard InChI is InChI=1S/C10H16N2S2/c1-2-13-9-5-3-4-8(9)12-10-11-6-7-14-10/h6-9H,2-5H2,1H3,(H,11,12). The Hall–Kier alpha value is -0.220. The number of rotatable bonds is 4. The molecule has 2 rings (SSSR count). The first kappa shape index (κ1) is 10.3. The molecule has 0 amide bonds. The zero-order chi connectivity index (χ0) is 9.80. The van der Waals surface area contributed by atoms with Gasteiger partial charge in [-0.1, -0.05) is 13.3 Å². The van der Waals surface area contributed by atoms with Crippen LogP contribution in [-0.2, 0) is 0 Å². The molecule has 0 radical (unpaired) electrons. The summed E-state index contributed by atoms with van der Waals surface area (Å²) in [6, 6.07) is 0.645. The average Bonchev–Trinajstić information content (AvgIpc) is 2.80. The van der Waals surface area contributed by atoms with Gasteiger partial charge in [0.1, 0.15) is 0 Å². The maximum absolute atomic E-state index is 4.27. The Bertz CT molecular complexity index is 261. The van der Waals surface area contributed by atoms with Gasteiger partial charge in [0, 0.05) is 22.9 Å². The number of aromatic nitrogens is 1. The van der Waals surface area contributed by atoms with E-state index in [1.807, 2.05) is 11.6 Å². The number of hydrogen-bond donors (Lipinski definition) is 1. The Morgan fingerprint density at radius 3 is 3.29 bits per heavy atom. The van der Waals surface area contributed by atoms with Crippen molar-refractivity contribution in [1.29, 1.82) is 0 Å². The Labute approximate surface area is 93.5 Å². The summed E-state index contributed by atoms with van der Waals surface area (Å²) < 4.78 is 0. The topological polar surface area (TPSA) is 24.9 Å². The van der Waals surface area contributed by atoms with Gasteiger partial charge >= 0.3 is 0 Å². The summed E-state index contributed by atoms with van der Waals surface area (Å²) in [5.41, 5.74) is 0. The lowest BCUT2D eigenvalue weighted by Crippen LogP contribution is -2.25. The smallest absolute Gasteiger partial charge is 0.182 e. The predicted molar refractivity (Wildman–Crippen MR) is 65.3 cm³/mol. The van der Waals surface area contributed by atoms with Crippen LogP contribution in [0.15, 0.2) is 11.6 Å². The van der Waals surface area contributed by atoms with E-state index >= 15 is 0 Å². The molecule has 1 aliphatic rings. The van der Waals surface area contributed by atoms with Gasteiger partial charge in [-0.2, -0.15) is 11.8 Å². The van der Waals surface area contributed by atoms with E-state index in [0.29, 0.717) is 6.04 Å². The van der Waals surface area contributed by atoms with E-state index in [2.05, 4.69) is 29.0 Å². The average molecular weight is 228 g/mol. The molecular formula is C10H16N2S2. The van der Waals surface area contributed by atoms with Gasteiger partial charge in [-0.15, -0.1) is 11.3 Å². The molecule has 1 aliphatic carbocycles. The van der Waals surface area contributed by atoms with Crippen LogP contribution in [0, 0.1) is 0 Å². The van der Waals surface area contributed by atoms with Crippen molar-refractivity contribution >= 4 is 28.2 Å². The van der Waals surface area contributed by atoms with Gasteiger partial charge in [0.05, 0.1) is 0 Å². The first-order valence-electron chi connectivity index (χ1n) is 5.17. The first-order chi connectivity index (χ1) is 6.90. The molecule has 1 heterocycles. The van der Waals surface area contributed by atoms with Crippen LogP contribution in [0.3, 0.4) is 0 Å². The Morgan fingerprint density at radius 2 is 2.57 bits per heavy atom. The van der Waals surface area contributed by atoms with E-state index in [0.717, 1.165) is 10.4 Å². The number of thioether (sulfide) groups is 1. The Kier molecular flexibility index (Phi) is 3.70. The molecule has 0 saturated heterocycles. The summed E-state index contributed by atoms with van der Waals surface area (Å²) >= 11 is 3.78. The molecule has 1 fully saturated rings. The molecule has 0 aromatic carbocycles. The molecular weight excluding hydrogens is 212 g/mol. The number of anilines is 1. The highest BCUT2D eigenvalue weighted by atomic mass is 32.2. The molecule has 0 bridgehead atoms. The van der Waals surface area contributed by atoms with Crippen molar-refractivity contribution in [3.63, 3.8) is 0 Å². The van der Waals surface area contributed by atoms with Crippen molar-refractivity contribution in [3.8, 4) is 0 Å².